The number of amides is 4. The van der Waals surface area contributed by atoms with Gasteiger partial charge in [-0.3, -0.25) is 0 Å². The zero-order chi connectivity index (χ0) is 24.1. The summed E-state index contributed by atoms with van der Waals surface area (Å²) < 4.78 is 0. The predicted octanol–water partition coefficient (Wildman–Crippen LogP) is 2.72. The molecule has 4 amide bonds. The second-order valence-corrected chi connectivity index (χ2v) is 8.10. The van der Waals surface area contributed by atoms with Gasteiger partial charge in [0.15, 0.2) is 0 Å². The van der Waals surface area contributed by atoms with Gasteiger partial charge >= 0.3 is 12.1 Å². The summed E-state index contributed by atoms with van der Waals surface area (Å²) >= 11 is 0. The van der Waals surface area contributed by atoms with E-state index in [2.05, 4.69) is 31.9 Å². The van der Waals surface area contributed by atoms with Gasteiger partial charge in [0.1, 0.15) is 0 Å². The van der Waals surface area contributed by atoms with Gasteiger partial charge < -0.3 is 31.9 Å². The van der Waals surface area contributed by atoms with Gasteiger partial charge in [-0.1, -0.05) is 60.7 Å². The van der Waals surface area contributed by atoms with E-state index in [1.165, 1.54) is 0 Å². The van der Waals surface area contributed by atoms with Gasteiger partial charge in [-0.2, -0.15) is 0 Å². The third-order valence-corrected chi connectivity index (χ3v) is 5.18. The summed E-state index contributed by atoms with van der Waals surface area (Å²) in [6, 6.07) is 19.5. The van der Waals surface area contributed by atoms with Crippen molar-refractivity contribution in [3.63, 3.8) is 0 Å². The van der Waals surface area contributed by atoms with E-state index < -0.39 is 0 Å². The third-order valence-electron chi connectivity index (χ3n) is 5.18. The fraction of sp³-hybridized carbons (Fsp3) is 0.462. The number of benzene rings is 2. The molecule has 2 aromatic rings. The number of nitrogens with one attached hydrogen (secondary N) is 6. The molecule has 6 N–H and O–H groups in total. The third kappa shape index (κ3) is 14.1. The summed E-state index contributed by atoms with van der Waals surface area (Å²) in [5.74, 6) is 0. The molecule has 0 spiro atoms. The van der Waals surface area contributed by atoms with Crippen LogP contribution in [0.5, 0.6) is 0 Å². The van der Waals surface area contributed by atoms with Crippen LogP contribution in [0.3, 0.4) is 0 Å². The van der Waals surface area contributed by atoms with Crippen LogP contribution in [0.2, 0.25) is 0 Å². The number of carbonyl (C=O) groups is 2. The summed E-state index contributed by atoms with van der Waals surface area (Å²) in [4.78, 5) is 23.5. The molecule has 2 rings (SSSR count). The lowest BCUT2D eigenvalue weighted by Gasteiger charge is -2.09. The quantitative estimate of drug-likeness (QED) is 0.201. The molecule has 8 nitrogen and oxygen atoms in total. The maximum atomic E-state index is 11.8. The lowest BCUT2D eigenvalue weighted by molar-refractivity contribution is 0.239. The fourth-order valence-corrected chi connectivity index (χ4v) is 3.26. The molecule has 0 unspecified atom stereocenters. The number of urea groups is 2. The van der Waals surface area contributed by atoms with Crippen molar-refractivity contribution in [2.24, 2.45) is 0 Å². The van der Waals surface area contributed by atoms with Crippen LogP contribution in [-0.2, 0) is 13.1 Å². The molecule has 0 aliphatic carbocycles. The smallest absolute Gasteiger partial charge is 0.315 e. The molecule has 0 fully saturated rings. The monoisotopic (exact) mass is 468 g/mol. The Morgan fingerprint density at radius 2 is 0.853 bits per heavy atom. The van der Waals surface area contributed by atoms with Gasteiger partial charge in [-0.25, -0.2) is 9.59 Å². The van der Waals surface area contributed by atoms with Crippen molar-refractivity contribution in [2.45, 2.75) is 38.8 Å². The minimum absolute atomic E-state index is 0.127. The van der Waals surface area contributed by atoms with Crippen LogP contribution in [0.4, 0.5) is 9.59 Å². The number of hydrogen-bond donors (Lipinski definition) is 6. The van der Waals surface area contributed by atoms with E-state index in [1.807, 2.05) is 60.7 Å². The van der Waals surface area contributed by atoms with Crippen LogP contribution in [0.25, 0.3) is 0 Å². The first-order valence-corrected chi connectivity index (χ1v) is 12.3. The second-order valence-electron chi connectivity index (χ2n) is 8.10. The average Bonchev–Trinajstić information content (AvgIpc) is 2.87. The summed E-state index contributed by atoms with van der Waals surface area (Å²) in [6.45, 7) is 6.14. The molecule has 0 atom stereocenters. The molecule has 8 heteroatoms. The Hall–Kier alpha value is -3.10. The van der Waals surface area contributed by atoms with E-state index in [4.69, 9.17) is 0 Å². The van der Waals surface area contributed by atoms with Gasteiger partial charge in [0.25, 0.3) is 0 Å². The maximum Gasteiger partial charge on any atom is 0.315 e. The summed E-state index contributed by atoms with van der Waals surface area (Å²) in [6.07, 6.45) is 4.03. The molecule has 186 valence electrons. The van der Waals surface area contributed by atoms with Gasteiger partial charge in [-0.05, 0) is 63.0 Å². The Kier molecular flexibility index (Phi) is 14.6. The minimum Gasteiger partial charge on any atom is -0.338 e. The molecule has 2 aromatic carbocycles. The lowest BCUT2D eigenvalue weighted by atomic mass is 10.2. The topological polar surface area (TPSA) is 106 Å². The Bertz CT molecular complexity index is 721. The highest BCUT2D eigenvalue weighted by molar-refractivity contribution is 5.74. The number of rotatable bonds is 17. The van der Waals surface area contributed by atoms with Crippen molar-refractivity contribution in [3.8, 4) is 0 Å². The molecule has 0 saturated carbocycles. The first-order chi connectivity index (χ1) is 16.7. The van der Waals surface area contributed by atoms with Gasteiger partial charge in [0.05, 0.1) is 0 Å². The van der Waals surface area contributed by atoms with Crippen molar-refractivity contribution >= 4 is 12.1 Å². The molecule has 0 saturated heterocycles. The lowest BCUT2D eigenvalue weighted by Crippen LogP contribution is -2.36. The molecule has 0 heterocycles. The Morgan fingerprint density at radius 3 is 1.26 bits per heavy atom. The van der Waals surface area contributed by atoms with Gasteiger partial charge in [0, 0.05) is 26.2 Å². The Balaban J connectivity index is 1.28. The predicted molar refractivity (Wildman–Crippen MR) is 138 cm³/mol. The molecular formula is C26H40N6O2. The first-order valence-electron chi connectivity index (χ1n) is 12.3. The van der Waals surface area contributed by atoms with Crippen LogP contribution in [0.1, 0.15) is 36.8 Å². The van der Waals surface area contributed by atoms with Gasteiger partial charge in [-0.15, -0.1) is 0 Å². The van der Waals surface area contributed by atoms with E-state index in [9.17, 15) is 9.59 Å². The van der Waals surface area contributed by atoms with Crippen molar-refractivity contribution in [3.05, 3.63) is 71.8 Å². The molecule has 0 radical (unpaired) electrons. The zero-order valence-corrected chi connectivity index (χ0v) is 20.1. The van der Waals surface area contributed by atoms with E-state index in [1.54, 1.807) is 0 Å². The van der Waals surface area contributed by atoms with Crippen LogP contribution >= 0.6 is 0 Å². The van der Waals surface area contributed by atoms with Crippen LogP contribution < -0.4 is 31.9 Å². The average molecular weight is 469 g/mol. The fourth-order valence-electron chi connectivity index (χ4n) is 3.26. The molecule has 0 aliphatic heterocycles. The zero-order valence-electron chi connectivity index (χ0n) is 20.1. The normalized spacial score (nSPS) is 10.5. The van der Waals surface area contributed by atoms with Crippen molar-refractivity contribution in [1.29, 1.82) is 0 Å². The molecular weight excluding hydrogens is 428 g/mol. The summed E-state index contributed by atoms with van der Waals surface area (Å²) in [5.41, 5.74) is 2.18. The second kappa shape index (κ2) is 18.3. The minimum atomic E-state index is -0.127. The van der Waals surface area contributed by atoms with E-state index >= 15 is 0 Å². The number of hydrogen-bond acceptors (Lipinski definition) is 4. The molecule has 0 aromatic heterocycles. The maximum absolute atomic E-state index is 11.8. The van der Waals surface area contributed by atoms with E-state index in [-0.39, 0.29) is 12.1 Å². The van der Waals surface area contributed by atoms with Crippen LogP contribution in [-0.4, -0.2) is 51.3 Å². The van der Waals surface area contributed by atoms with Crippen LogP contribution in [0, 0.1) is 0 Å². The largest absolute Gasteiger partial charge is 0.338 e. The van der Waals surface area contributed by atoms with E-state index in [0.29, 0.717) is 26.2 Å². The summed E-state index contributed by atoms with van der Waals surface area (Å²) in [7, 11) is 0. The van der Waals surface area contributed by atoms with Crippen molar-refractivity contribution in [2.75, 3.05) is 39.3 Å². The van der Waals surface area contributed by atoms with E-state index in [0.717, 1.165) is 63.0 Å². The molecule has 34 heavy (non-hydrogen) atoms. The first kappa shape index (κ1) is 27.1. The SMILES string of the molecule is O=C(NCCCNCCCCNCCCNC(=O)NCc1ccccc1)NCc1ccccc1. The molecule has 0 bridgehead atoms. The number of unbranched alkanes of at least 4 members (excludes halogenated alkanes) is 1. The Morgan fingerprint density at radius 1 is 0.471 bits per heavy atom. The molecule has 0 aliphatic rings. The van der Waals surface area contributed by atoms with Crippen molar-refractivity contribution < 1.29 is 9.59 Å². The highest BCUT2D eigenvalue weighted by Gasteiger charge is 2.00. The van der Waals surface area contributed by atoms with Gasteiger partial charge in [0.2, 0.25) is 0 Å². The van der Waals surface area contributed by atoms with Crippen molar-refractivity contribution in [1.82, 2.24) is 31.9 Å². The highest BCUT2D eigenvalue weighted by atomic mass is 16.2. The Labute approximate surface area is 203 Å². The van der Waals surface area contributed by atoms with Crippen LogP contribution in [0.15, 0.2) is 60.7 Å². The number of carbonyl (C=O) groups excluding carboxylic acids is 2. The standard InChI is InChI=1S/C26H40N6O2/c33-25(31-21-23-11-3-1-4-12-23)29-19-9-17-27-15-7-8-16-28-18-10-20-30-26(34)32-22-24-13-5-2-6-14-24/h1-6,11-14,27-28H,7-10,15-22H2,(H2,29,31,33)(H2,30,32,34). The highest BCUT2D eigenvalue weighted by Crippen LogP contribution is 1.97. The summed E-state index contributed by atoms with van der Waals surface area (Å²) in [5, 5.41) is 18.3.